The number of hydroxylamine groups is 1. The first kappa shape index (κ1) is 39.3. The molecule has 18 heteroatoms. The van der Waals surface area contributed by atoms with E-state index in [1.54, 1.807) is 12.1 Å². The van der Waals surface area contributed by atoms with Crippen LogP contribution >= 0.6 is 0 Å². The normalized spacial score (nSPS) is 19.8. The van der Waals surface area contributed by atoms with Crippen molar-refractivity contribution in [3.05, 3.63) is 54.1 Å². The van der Waals surface area contributed by atoms with E-state index in [0.29, 0.717) is 31.2 Å². The number of likely N-dealkylation sites (N-methyl/N-ethyl adjacent to an activating group) is 1. The van der Waals surface area contributed by atoms with Crippen LogP contribution in [-0.2, 0) is 40.0 Å². The largest absolute Gasteiger partial charge is 0.533 e. The Labute approximate surface area is 286 Å². The number of aliphatic carboxylic acids is 1. The highest BCUT2D eigenvalue weighted by Crippen LogP contribution is 2.29. The van der Waals surface area contributed by atoms with E-state index < -0.39 is 54.8 Å². The summed E-state index contributed by atoms with van der Waals surface area (Å²) < 4.78 is 20.5. The van der Waals surface area contributed by atoms with E-state index in [1.807, 2.05) is 23.7 Å². The van der Waals surface area contributed by atoms with Gasteiger partial charge in [-0.25, -0.2) is 14.4 Å². The zero-order valence-corrected chi connectivity index (χ0v) is 27.3. The molecule has 274 valence electrons. The Hall–Kier alpha value is -5.17. The first-order valence-corrected chi connectivity index (χ1v) is 15.7. The van der Waals surface area contributed by atoms with Gasteiger partial charge in [0.25, 0.3) is 5.91 Å². The van der Waals surface area contributed by atoms with Crippen molar-refractivity contribution >= 4 is 41.4 Å². The number of carboxylic acids is 1. The minimum Gasteiger partial charge on any atom is -0.479 e. The number of hydrogen-bond acceptors (Lipinski definition) is 14. The predicted molar refractivity (Wildman–Crippen MR) is 172 cm³/mol. The monoisotopic (exact) mass is 706 g/mol. The average Bonchev–Trinajstić information content (AvgIpc) is 3.09. The summed E-state index contributed by atoms with van der Waals surface area (Å²) in [7, 11) is 1.39. The van der Waals surface area contributed by atoms with Gasteiger partial charge in [0.05, 0.1) is 12.2 Å². The average molecular weight is 707 g/mol. The molecule has 3 amide bonds. The van der Waals surface area contributed by atoms with Crippen LogP contribution in [0.4, 0.5) is 21.0 Å². The minimum absolute atomic E-state index is 0.00908. The fourth-order valence-electron chi connectivity index (χ4n) is 4.53. The van der Waals surface area contributed by atoms with Crippen LogP contribution < -0.4 is 21.3 Å². The smallest absolute Gasteiger partial charge is 0.479 e. The lowest BCUT2D eigenvalue weighted by Gasteiger charge is -2.38. The number of carbonyl (C=O) groups is 5. The van der Waals surface area contributed by atoms with Crippen molar-refractivity contribution in [2.75, 3.05) is 31.2 Å². The van der Waals surface area contributed by atoms with Crippen LogP contribution in [0.25, 0.3) is 0 Å². The number of aliphatic hydroxyl groups excluding tert-OH is 3. The third kappa shape index (κ3) is 12.7. The Morgan fingerprint density at radius 3 is 2.22 bits per heavy atom. The molecule has 3 rings (SSSR count). The van der Waals surface area contributed by atoms with Gasteiger partial charge in [0.1, 0.15) is 37.3 Å². The number of nitrogens with two attached hydrogens (primary N) is 1. The number of para-hydroxylation sites is 1. The second-order valence-electron chi connectivity index (χ2n) is 11.3. The van der Waals surface area contributed by atoms with Gasteiger partial charge in [0, 0.05) is 25.6 Å². The van der Waals surface area contributed by atoms with E-state index in [2.05, 4.69) is 10.2 Å². The lowest BCUT2D eigenvalue weighted by molar-refractivity contribution is -0.271. The molecule has 8 N–H and O–H groups in total. The fourth-order valence-corrected chi connectivity index (χ4v) is 4.53. The van der Waals surface area contributed by atoms with Crippen LogP contribution in [0.15, 0.2) is 48.5 Å². The highest BCUT2D eigenvalue weighted by molar-refractivity contribution is 5.90. The number of carboxylic acid groups (broad SMARTS) is 1. The number of rotatable bonds is 16. The van der Waals surface area contributed by atoms with Crippen LogP contribution in [0.2, 0.25) is 0 Å². The lowest BCUT2D eigenvalue weighted by Crippen LogP contribution is -2.61. The quantitative estimate of drug-likeness (QED) is 0.0561. The number of aliphatic hydroxyl groups is 3. The molecule has 0 bridgehead atoms. The fraction of sp³-hybridized carbons (Fsp3) is 0.469. The molecule has 0 spiro atoms. The third-order valence-corrected chi connectivity index (χ3v) is 7.31. The molecule has 2 aromatic rings. The van der Waals surface area contributed by atoms with Gasteiger partial charge in [0.15, 0.2) is 6.10 Å². The predicted octanol–water partition coefficient (Wildman–Crippen LogP) is 1.27. The van der Waals surface area contributed by atoms with Gasteiger partial charge < -0.3 is 60.2 Å². The summed E-state index contributed by atoms with van der Waals surface area (Å²) in [5.74, 6) is -2.20. The van der Waals surface area contributed by atoms with Gasteiger partial charge in [-0.05, 0) is 42.7 Å². The first-order chi connectivity index (χ1) is 23.8. The maximum Gasteiger partial charge on any atom is 0.533 e. The molecule has 18 nitrogen and oxygen atoms in total. The molecule has 0 unspecified atom stereocenters. The summed E-state index contributed by atoms with van der Waals surface area (Å²) in [6, 6.07) is 13.3. The Bertz CT molecular complexity index is 1450. The van der Waals surface area contributed by atoms with E-state index in [-0.39, 0.29) is 43.5 Å². The summed E-state index contributed by atoms with van der Waals surface area (Å²) in [6.07, 6.45) is -7.80. The van der Waals surface area contributed by atoms with E-state index in [0.717, 1.165) is 17.0 Å². The van der Waals surface area contributed by atoms with Crippen molar-refractivity contribution in [3.8, 4) is 5.75 Å². The molecule has 0 radical (unpaired) electrons. The second-order valence-corrected chi connectivity index (χ2v) is 11.3. The van der Waals surface area contributed by atoms with Crippen LogP contribution in [0.3, 0.4) is 0 Å². The van der Waals surface area contributed by atoms with E-state index >= 15 is 0 Å². The van der Waals surface area contributed by atoms with Crippen molar-refractivity contribution in [2.24, 2.45) is 0 Å². The molecule has 0 aromatic heterocycles. The summed E-state index contributed by atoms with van der Waals surface area (Å²) in [6.45, 7) is -0.552. The Kier molecular flexibility index (Phi) is 15.5. The number of nitrogens with one attached hydrogen (secondary N) is 2. The molecule has 1 aliphatic heterocycles. The van der Waals surface area contributed by atoms with Gasteiger partial charge in [0.2, 0.25) is 12.2 Å². The summed E-state index contributed by atoms with van der Waals surface area (Å²) in [4.78, 5) is 64.9. The highest BCUT2D eigenvalue weighted by Gasteiger charge is 2.48. The molecule has 1 heterocycles. The van der Waals surface area contributed by atoms with E-state index in [1.165, 1.54) is 25.2 Å². The van der Waals surface area contributed by atoms with E-state index in [9.17, 15) is 39.3 Å². The lowest BCUT2D eigenvalue weighted by atomic mass is 9.99. The molecular formula is C32H42N4O14. The summed E-state index contributed by atoms with van der Waals surface area (Å²) in [5.41, 5.74) is 9.15. The van der Waals surface area contributed by atoms with Crippen LogP contribution in [0.5, 0.6) is 5.75 Å². The number of anilines is 2. The number of ether oxygens (including phenoxy) is 4. The maximum absolute atomic E-state index is 12.3. The van der Waals surface area contributed by atoms with Gasteiger partial charge in [-0.2, -0.15) is 5.48 Å². The van der Waals surface area contributed by atoms with Crippen molar-refractivity contribution in [2.45, 2.75) is 75.8 Å². The van der Waals surface area contributed by atoms with Crippen molar-refractivity contribution in [1.29, 1.82) is 0 Å². The molecule has 1 saturated heterocycles. The molecule has 2 aromatic carbocycles. The SMILES string of the molecule is CN(CCOC(=O)ONC(=O)CCCCCCC(=O)Nc1ccccc1)C(=O)OCc1ccc(O[C@@H]2O[C@H](C(=O)O)[C@@H](O)[C@H](O)[C@H]2O)c(N)c1. The number of nitrogens with zero attached hydrogens (tertiary/aromatic N) is 1. The number of amides is 3. The first-order valence-electron chi connectivity index (χ1n) is 15.7. The van der Waals surface area contributed by atoms with Crippen molar-refractivity contribution < 1.29 is 68.2 Å². The van der Waals surface area contributed by atoms with Crippen molar-refractivity contribution in [1.82, 2.24) is 10.4 Å². The standard InChI is InChI=1S/C32H42N4O14/c1-36(15-16-46-32(45)50-35-24(38)12-8-3-2-7-11-23(37)34-20-9-5-4-6-10-20)31(44)47-18-19-13-14-22(21(33)17-19)48-30-27(41)25(39)26(40)28(49-30)29(42)43/h4-6,9-10,13-14,17,25-28,30,39-41H,2-3,7-8,11-12,15-16,18,33H2,1H3,(H,34,37)(H,35,38)(H,42,43)/t25-,26-,27+,28-,30+/m0/s1. The topological polar surface area (TPSA) is 266 Å². The number of benzene rings is 2. The van der Waals surface area contributed by atoms with Crippen molar-refractivity contribution in [3.63, 3.8) is 0 Å². The molecular weight excluding hydrogens is 664 g/mol. The summed E-state index contributed by atoms with van der Waals surface area (Å²) in [5, 5.41) is 41.8. The third-order valence-electron chi connectivity index (χ3n) is 7.31. The molecule has 0 saturated carbocycles. The Morgan fingerprint density at radius 1 is 0.880 bits per heavy atom. The Morgan fingerprint density at radius 2 is 1.56 bits per heavy atom. The Balaban J connectivity index is 1.25. The van der Waals surface area contributed by atoms with E-state index in [4.69, 9.17) is 29.8 Å². The minimum atomic E-state index is -1.88. The van der Waals surface area contributed by atoms with Crippen LogP contribution in [-0.4, -0.2) is 106 Å². The zero-order valence-electron chi connectivity index (χ0n) is 27.3. The van der Waals surface area contributed by atoms with Gasteiger partial charge in [-0.3, -0.25) is 9.59 Å². The van der Waals surface area contributed by atoms with Crippen LogP contribution in [0.1, 0.15) is 44.1 Å². The molecule has 0 aliphatic carbocycles. The van der Waals surface area contributed by atoms with Gasteiger partial charge >= 0.3 is 18.2 Å². The van der Waals surface area contributed by atoms with Crippen LogP contribution in [0, 0.1) is 0 Å². The number of carbonyl (C=O) groups excluding carboxylic acids is 4. The molecule has 1 aliphatic rings. The number of hydrogen-bond donors (Lipinski definition) is 7. The number of nitrogen functional groups attached to an aromatic ring is 1. The zero-order chi connectivity index (χ0) is 36.6. The summed E-state index contributed by atoms with van der Waals surface area (Å²) >= 11 is 0. The molecule has 50 heavy (non-hydrogen) atoms. The van der Waals surface area contributed by atoms with Gasteiger partial charge in [-0.15, -0.1) is 0 Å². The maximum atomic E-state index is 12.3. The second kappa shape index (κ2) is 19.7. The highest BCUT2D eigenvalue weighted by atomic mass is 16.8. The molecule has 1 fully saturated rings. The van der Waals surface area contributed by atoms with Gasteiger partial charge in [-0.1, -0.05) is 37.1 Å². The number of unbranched alkanes of at least 4 members (excludes halogenated alkanes) is 3. The molecule has 5 atom stereocenters.